The molecule has 3 nitrogen and oxygen atoms in total. The van der Waals surface area contributed by atoms with Gasteiger partial charge in [-0.3, -0.25) is 10.2 Å². The second-order valence-electron chi connectivity index (χ2n) is 7.99. The average molecular weight is 345 g/mol. The van der Waals surface area contributed by atoms with Crippen LogP contribution in [0.15, 0.2) is 36.0 Å². The molecule has 1 aromatic rings. The molecule has 0 aromatic heterocycles. The van der Waals surface area contributed by atoms with Crippen molar-refractivity contribution >= 4 is 17.5 Å². The number of amides is 1. The summed E-state index contributed by atoms with van der Waals surface area (Å²) in [5, 5.41) is 0.641. The predicted octanol–water partition coefficient (Wildman–Crippen LogP) is 4.69. The minimum Gasteiger partial charge on any atom is -0.302 e. The maximum Gasteiger partial charge on any atom is 0.269 e. The van der Waals surface area contributed by atoms with Crippen molar-refractivity contribution in [2.45, 2.75) is 45.4 Å². The van der Waals surface area contributed by atoms with Crippen LogP contribution < -0.4 is 10.9 Å². The summed E-state index contributed by atoms with van der Waals surface area (Å²) >= 11 is 5.89. The van der Waals surface area contributed by atoms with Crippen molar-refractivity contribution in [3.05, 3.63) is 46.6 Å². The Hall–Kier alpha value is -1.48. The molecule has 0 atom stereocenters. The molecule has 5 rings (SSSR count). The Morgan fingerprint density at radius 2 is 1.58 bits per heavy atom. The third kappa shape index (κ3) is 2.83. The molecule has 0 aliphatic heterocycles. The molecular formula is C20H25ClN2O. The fourth-order valence-electron chi connectivity index (χ4n) is 5.75. The van der Waals surface area contributed by atoms with Gasteiger partial charge in [0.25, 0.3) is 5.91 Å². The van der Waals surface area contributed by atoms with Gasteiger partial charge < -0.3 is 5.43 Å². The first kappa shape index (κ1) is 16.0. The van der Waals surface area contributed by atoms with Crippen LogP contribution in [-0.4, -0.2) is 5.91 Å². The van der Waals surface area contributed by atoms with Crippen molar-refractivity contribution in [1.82, 2.24) is 10.9 Å². The minimum absolute atomic E-state index is 0.115. The maximum absolute atomic E-state index is 12.4. The van der Waals surface area contributed by atoms with Gasteiger partial charge >= 0.3 is 0 Å². The van der Waals surface area contributed by atoms with E-state index in [0.717, 1.165) is 17.8 Å². The van der Waals surface area contributed by atoms with Crippen molar-refractivity contribution in [3.63, 3.8) is 0 Å². The van der Waals surface area contributed by atoms with Gasteiger partial charge in [-0.1, -0.05) is 17.7 Å². The average Bonchev–Trinajstić information content (AvgIpc) is 2.54. The van der Waals surface area contributed by atoms with Crippen molar-refractivity contribution in [2.75, 3.05) is 0 Å². The number of hydrogen-bond acceptors (Lipinski definition) is 2. The molecule has 4 fully saturated rings. The van der Waals surface area contributed by atoms with Crippen LogP contribution >= 0.6 is 11.6 Å². The Bertz CT molecular complexity index is 629. The summed E-state index contributed by atoms with van der Waals surface area (Å²) in [6.45, 7) is 2.08. The van der Waals surface area contributed by atoms with E-state index in [4.69, 9.17) is 11.6 Å². The monoisotopic (exact) mass is 344 g/mol. The molecule has 1 aromatic carbocycles. The summed E-state index contributed by atoms with van der Waals surface area (Å²) in [4.78, 5) is 12.4. The van der Waals surface area contributed by atoms with E-state index in [1.807, 2.05) is 0 Å². The van der Waals surface area contributed by atoms with Gasteiger partial charge in [0.15, 0.2) is 0 Å². The largest absolute Gasteiger partial charge is 0.302 e. The zero-order valence-corrected chi connectivity index (χ0v) is 14.9. The SMILES string of the molecule is CC=C(NNC(=O)c1ccc(Cl)cc1)C12CC3CC(CC(C3)C1)C2. The highest BCUT2D eigenvalue weighted by Gasteiger charge is 2.52. The van der Waals surface area contributed by atoms with Gasteiger partial charge in [-0.2, -0.15) is 0 Å². The van der Waals surface area contributed by atoms with Crippen LogP contribution in [-0.2, 0) is 0 Å². The molecule has 0 spiro atoms. The quantitative estimate of drug-likeness (QED) is 0.778. The van der Waals surface area contributed by atoms with Gasteiger partial charge in [0.1, 0.15) is 0 Å². The Morgan fingerprint density at radius 3 is 2.08 bits per heavy atom. The van der Waals surface area contributed by atoms with Gasteiger partial charge in [-0.05, 0) is 87.5 Å². The van der Waals surface area contributed by atoms with Crippen LogP contribution in [0.4, 0.5) is 0 Å². The number of halogens is 1. The van der Waals surface area contributed by atoms with Gasteiger partial charge in [0.2, 0.25) is 0 Å². The van der Waals surface area contributed by atoms with Crippen molar-refractivity contribution in [2.24, 2.45) is 23.2 Å². The molecule has 4 aliphatic carbocycles. The molecule has 0 radical (unpaired) electrons. The summed E-state index contributed by atoms with van der Waals surface area (Å²) in [5.41, 5.74) is 8.25. The summed E-state index contributed by atoms with van der Waals surface area (Å²) < 4.78 is 0. The van der Waals surface area contributed by atoms with E-state index in [9.17, 15) is 4.79 Å². The number of nitrogens with one attached hydrogen (secondary N) is 2. The van der Waals surface area contributed by atoms with E-state index >= 15 is 0 Å². The molecule has 4 bridgehead atoms. The van der Waals surface area contributed by atoms with Crippen molar-refractivity contribution in [1.29, 1.82) is 0 Å². The number of allylic oxidation sites excluding steroid dienone is 2. The molecule has 2 N–H and O–H groups in total. The fraction of sp³-hybridized carbons (Fsp3) is 0.550. The lowest BCUT2D eigenvalue weighted by atomic mass is 9.49. The Morgan fingerprint density at radius 1 is 1.04 bits per heavy atom. The molecule has 4 aliphatic rings. The lowest BCUT2D eigenvalue weighted by Crippen LogP contribution is -2.51. The minimum atomic E-state index is -0.115. The molecule has 0 heterocycles. The first-order chi connectivity index (χ1) is 11.6. The van der Waals surface area contributed by atoms with E-state index in [-0.39, 0.29) is 11.3 Å². The lowest BCUT2D eigenvalue weighted by Gasteiger charge is -2.57. The third-order valence-corrected chi connectivity index (χ3v) is 6.57. The van der Waals surface area contributed by atoms with E-state index in [1.165, 1.54) is 44.2 Å². The molecule has 1 amide bonds. The van der Waals surface area contributed by atoms with Crippen molar-refractivity contribution in [3.8, 4) is 0 Å². The highest BCUT2D eigenvalue weighted by Crippen LogP contribution is 2.62. The Balaban J connectivity index is 1.45. The molecule has 128 valence electrons. The summed E-state index contributed by atoms with van der Waals surface area (Å²) in [6.07, 6.45) is 10.3. The van der Waals surface area contributed by atoms with Gasteiger partial charge in [0, 0.05) is 21.7 Å². The highest BCUT2D eigenvalue weighted by atomic mass is 35.5. The molecule has 4 saturated carbocycles. The zero-order valence-electron chi connectivity index (χ0n) is 14.1. The van der Waals surface area contributed by atoms with Gasteiger partial charge in [0.05, 0.1) is 0 Å². The summed E-state index contributed by atoms with van der Waals surface area (Å²) in [6, 6.07) is 6.98. The first-order valence-electron chi connectivity index (χ1n) is 9.07. The number of benzene rings is 1. The van der Waals surface area contributed by atoms with Crippen LogP contribution in [0.1, 0.15) is 55.8 Å². The highest BCUT2D eigenvalue weighted by molar-refractivity contribution is 6.30. The number of rotatable bonds is 4. The second kappa shape index (κ2) is 6.11. The smallest absolute Gasteiger partial charge is 0.269 e. The lowest BCUT2D eigenvalue weighted by molar-refractivity contribution is -0.0347. The number of carbonyl (C=O) groups is 1. The first-order valence-corrected chi connectivity index (χ1v) is 9.44. The molecule has 0 saturated heterocycles. The summed E-state index contributed by atoms with van der Waals surface area (Å²) in [5.74, 6) is 2.55. The van der Waals surface area contributed by atoms with Gasteiger partial charge in [-0.15, -0.1) is 0 Å². The van der Waals surface area contributed by atoms with E-state index in [1.54, 1.807) is 24.3 Å². The van der Waals surface area contributed by atoms with Crippen LogP contribution in [0, 0.1) is 23.2 Å². The normalized spacial score (nSPS) is 34.2. The molecular weight excluding hydrogens is 320 g/mol. The van der Waals surface area contributed by atoms with Crippen LogP contribution in [0.25, 0.3) is 0 Å². The molecule has 0 unspecified atom stereocenters. The van der Waals surface area contributed by atoms with E-state index < -0.39 is 0 Å². The molecule has 4 heteroatoms. The van der Waals surface area contributed by atoms with Gasteiger partial charge in [-0.25, -0.2) is 0 Å². The van der Waals surface area contributed by atoms with Crippen LogP contribution in [0.2, 0.25) is 5.02 Å². The fourth-order valence-corrected chi connectivity index (χ4v) is 5.87. The molecule has 24 heavy (non-hydrogen) atoms. The number of hydrazine groups is 1. The Kier molecular flexibility index (Phi) is 4.07. The predicted molar refractivity (Wildman–Crippen MR) is 96.4 cm³/mol. The topological polar surface area (TPSA) is 41.1 Å². The second-order valence-corrected chi connectivity index (χ2v) is 8.42. The Labute approximate surface area is 148 Å². The van der Waals surface area contributed by atoms with Crippen LogP contribution in [0.5, 0.6) is 0 Å². The number of carbonyl (C=O) groups excluding carboxylic acids is 1. The van der Waals surface area contributed by atoms with E-state index in [2.05, 4.69) is 23.9 Å². The zero-order chi connectivity index (χ0) is 16.7. The summed E-state index contributed by atoms with van der Waals surface area (Å²) in [7, 11) is 0. The van der Waals surface area contributed by atoms with E-state index in [0.29, 0.717) is 10.6 Å². The standard InChI is InChI=1S/C20H25ClN2O/c1-2-18(22-23-19(24)16-3-5-17(21)6-4-16)20-10-13-7-14(11-20)9-15(8-13)12-20/h2-6,13-15,22H,7-12H2,1H3,(H,23,24). The maximum atomic E-state index is 12.4. The number of hydrogen-bond donors (Lipinski definition) is 2. The third-order valence-electron chi connectivity index (χ3n) is 6.32. The van der Waals surface area contributed by atoms with Crippen LogP contribution in [0.3, 0.4) is 0 Å². The van der Waals surface area contributed by atoms with Crippen molar-refractivity contribution < 1.29 is 4.79 Å².